The Bertz CT molecular complexity index is 316. The average molecular weight is 282 g/mol. The van der Waals surface area contributed by atoms with Crippen LogP contribution in [0, 0.1) is 0 Å². The molecule has 4 nitrogen and oxygen atoms in total. The van der Waals surface area contributed by atoms with Crippen LogP contribution in [0.5, 0.6) is 0 Å². The zero-order chi connectivity index (χ0) is 15.5. The SMILES string of the molecule is C=C(CCC(C)=O)N(C)CCC(CC)N(C=O)CCC. The van der Waals surface area contributed by atoms with Gasteiger partial charge in [0.25, 0.3) is 0 Å². The molecule has 116 valence electrons. The summed E-state index contributed by atoms with van der Waals surface area (Å²) in [6.45, 7) is 11.5. The van der Waals surface area contributed by atoms with Gasteiger partial charge in [-0.2, -0.15) is 0 Å². The fourth-order valence-electron chi connectivity index (χ4n) is 2.20. The van der Waals surface area contributed by atoms with Crippen LogP contribution < -0.4 is 0 Å². The van der Waals surface area contributed by atoms with Crippen molar-refractivity contribution in [1.82, 2.24) is 9.80 Å². The smallest absolute Gasteiger partial charge is 0.209 e. The first-order valence-electron chi connectivity index (χ1n) is 7.55. The van der Waals surface area contributed by atoms with Gasteiger partial charge in [0.1, 0.15) is 5.78 Å². The third-order valence-corrected chi connectivity index (χ3v) is 3.66. The molecule has 0 heterocycles. The van der Waals surface area contributed by atoms with Gasteiger partial charge in [0.15, 0.2) is 0 Å². The molecule has 0 aromatic rings. The molecule has 0 rings (SSSR count). The van der Waals surface area contributed by atoms with Crippen LogP contribution in [0.25, 0.3) is 0 Å². The number of allylic oxidation sites excluding steroid dienone is 1. The number of Topliss-reactive ketones (excluding diaryl/α,β-unsaturated/α-hetero) is 1. The van der Waals surface area contributed by atoms with Crippen LogP contribution >= 0.6 is 0 Å². The Labute approximate surface area is 123 Å². The minimum absolute atomic E-state index is 0.195. The molecule has 0 aliphatic heterocycles. The normalized spacial score (nSPS) is 11.8. The van der Waals surface area contributed by atoms with E-state index in [9.17, 15) is 9.59 Å². The molecule has 1 unspecified atom stereocenters. The van der Waals surface area contributed by atoms with Crippen LogP contribution in [0.1, 0.15) is 52.9 Å². The highest BCUT2D eigenvalue weighted by Gasteiger charge is 2.15. The first kappa shape index (κ1) is 18.7. The second-order valence-electron chi connectivity index (χ2n) is 5.38. The highest BCUT2D eigenvalue weighted by Crippen LogP contribution is 2.12. The summed E-state index contributed by atoms with van der Waals surface area (Å²) >= 11 is 0. The largest absolute Gasteiger partial charge is 0.378 e. The molecule has 0 aromatic carbocycles. The van der Waals surface area contributed by atoms with E-state index < -0.39 is 0 Å². The molecule has 4 heteroatoms. The molecular formula is C16H30N2O2. The monoisotopic (exact) mass is 282 g/mol. The van der Waals surface area contributed by atoms with Gasteiger partial charge in [0.2, 0.25) is 6.41 Å². The lowest BCUT2D eigenvalue weighted by Crippen LogP contribution is -2.36. The first-order chi connectivity index (χ1) is 9.46. The molecule has 20 heavy (non-hydrogen) atoms. The summed E-state index contributed by atoms with van der Waals surface area (Å²) in [4.78, 5) is 26.1. The Morgan fingerprint density at radius 1 is 1.25 bits per heavy atom. The van der Waals surface area contributed by atoms with E-state index in [0.29, 0.717) is 6.42 Å². The number of rotatable bonds is 12. The van der Waals surface area contributed by atoms with E-state index in [0.717, 1.165) is 50.9 Å². The van der Waals surface area contributed by atoms with Crippen molar-refractivity contribution in [3.63, 3.8) is 0 Å². The minimum Gasteiger partial charge on any atom is -0.378 e. The second kappa shape index (κ2) is 10.5. The summed E-state index contributed by atoms with van der Waals surface area (Å²) in [5, 5.41) is 0. The maximum absolute atomic E-state index is 11.1. The quantitative estimate of drug-likeness (QED) is 0.517. The van der Waals surface area contributed by atoms with Gasteiger partial charge in [0, 0.05) is 38.3 Å². The number of nitrogens with zero attached hydrogens (tertiary/aromatic N) is 2. The van der Waals surface area contributed by atoms with E-state index in [1.54, 1.807) is 6.92 Å². The summed E-state index contributed by atoms with van der Waals surface area (Å²) in [7, 11) is 2.00. The topological polar surface area (TPSA) is 40.6 Å². The molecule has 1 atom stereocenters. The maximum Gasteiger partial charge on any atom is 0.209 e. The van der Waals surface area contributed by atoms with Crippen LogP contribution in [0.15, 0.2) is 12.3 Å². The summed E-state index contributed by atoms with van der Waals surface area (Å²) in [5.74, 6) is 0.195. The number of amides is 1. The van der Waals surface area contributed by atoms with Crippen LogP contribution in [-0.2, 0) is 9.59 Å². The first-order valence-corrected chi connectivity index (χ1v) is 7.55. The summed E-state index contributed by atoms with van der Waals surface area (Å²) in [6.07, 6.45) is 5.11. The van der Waals surface area contributed by atoms with Gasteiger partial charge in [-0.3, -0.25) is 4.79 Å². The predicted molar refractivity (Wildman–Crippen MR) is 83.4 cm³/mol. The molecule has 1 amide bonds. The Kier molecular flexibility index (Phi) is 9.77. The van der Waals surface area contributed by atoms with E-state index in [1.165, 1.54) is 0 Å². The molecule has 0 aromatic heterocycles. The Balaban J connectivity index is 4.23. The van der Waals surface area contributed by atoms with Crippen molar-refractivity contribution in [2.75, 3.05) is 20.1 Å². The van der Waals surface area contributed by atoms with Crippen molar-refractivity contribution in [3.8, 4) is 0 Å². The highest BCUT2D eigenvalue weighted by atomic mass is 16.1. The van der Waals surface area contributed by atoms with Gasteiger partial charge in [0.05, 0.1) is 0 Å². The van der Waals surface area contributed by atoms with Crippen LogP contribution in [-0.4, -0.2) is 48.2 Å². The van der Waals surface area contributed by atoms with Gasteiger partial charge >= 0.3 is 0 Å². The number of hydrogen-bond donors (Lipinski definition) is 0. The molecule has 0 bridgehead atoms. The molecule has 0 saturated carbocycles. The Morgan fingerprint density at radius 2 is 1.90 bits per heavy atom. The molecule has 0 aliphatic carbocycles. The fraction of sp³-hybridized carbons (Fsp3) is 0.750. The van der Waals surface area contributed by atoms with Crippen molar-refractivity contribution >= 4 is 12.2 Å². The molecule has 0 saturated heterocycles. The molecule has 0 radical (unpaired) electrons. The van der Waals surface area contributed by atoms with Crippen molar-refractivity contribution < 1.29 is 9.59 Å². The molecule has 0 spiro atoms. The van der Waals surface area contributed by atoms with Gasteiger partial charge < -0.3 is 14.6 Å². The predicted octanol–water partition coefficient (Wildman–Crippen LogP) is 2.84. The summed E-state index contributed by atoms with van der Waals surface area (Å²) in [5.41, 5.74) is 0.989. The molecule has 0 aliphatic rings. The number of ketones is 1. The molecule has 0 N–H and O–H groups in total. The van der Waals surface area contributed by atoms with E-state index in [-0.39, 0.29) is 11.8 Å². The highest BCUT2D eigenvalue weighted by molar-refractivity contribution is 5.75. The Hall–Kier alpha value is -1.32. The third kappa shape index (κ3) is 7.31. The van der Waals surface area contributed by atoms with E-state index >= 15 is 0 Å². The van der Waals surface area contributed by atoms with Crippen LogP contribution in [0.4, 0.5) is 0 Å². The van der Waals surface area contributed by atoms with Gasteiger partial charge in [-0.25, -0.2) is 0 Å². The lowest BCUT2D eigenvalue weighted by atomic mass is 10.1. The zero-order valence-corrected chi connectivity index (χ0v) is 13.5. The van der Waals surface area contributed by atoms with Crippen molar-refractivity contribution in [1.29, 1.82) is 0 Å². The van der Waals surface area contributed by atoms with Crippen LogP contribution in [0.2, 0.25) is 0 Å². The van der Waals surface area contributed by atoms with E-state index in [2.05, 4.69) is 25.3 Å². The molecular weight excluding hydrogens is 252 g/mol. The van der Waals surface area contributed by atoms with Gasteiger partial charge in [-0.15, -0.1) is 0 Å². The van der Waals surface area contributed by atoms with E-state index in [1.807, 2.05) is 11.9 Å². The zero-order valence-electron chi connectivity index (χ0n) is 13.5. The van der Waals surface area contributed by atoms with Crippen molar-refractivity contribution in [2.45, 2.75) is 58.9 Å². The Morgan fingerprint density at radius 3 is 2.35 bits per heavy atom. The second-order valence-corrected chi connectivity index (χ2v) is 5.38. The minimum atomic E-state index is 0.195. The summed E-state index contributed by atoms with van der Waals surface area (Å²) in [6, 6.07) is 0.288. The van der Waals surface area contributed by atoms with Gasteiger partial charge in [-0.1, -0.05) is 20.4 Å². The number of hydrogen-bond acceptors (Lipinski definition) is 3. The van der Waals surface area contributed by atoms with Gasteiger partial charge in [-0.05, 0) is 32.6 Å². The standard InChI is InChI=1S/C16H30N2O2/c1-6-11-18(13-19)16(7-2)10-12-17(5)14(3)8-9-15(4)20/h13,16H,3,6-12H2,1-2,4-5H3. The van der Waals surface area contributed by atoms with Crippen LogP contribution in [0.3, 0.4) is 0 Å². The fourth-order valence-corrected chi connectivity index (χ4v) is 2.20. The maximum atomic E-state index is 11.1. The third-order valence-electron chi connectivity index (χ3n) is 3.66. The number of carbonyl (C=O) groups is 2. The number of carbonyl (C=O) groups excluding carboxylic acids is 2. The lowest BCUT2D eigenvalue weighted by Gasteiger charge is -2.30. The average Bonchev–Trinajstić information content (AvgIpc) is 2.43. The van der Waals surface area contributed by atoms with E-state index in [4.69, 9.17) is 0 Å². The molecule has 0 fully saturated rings. The van der Waals surface area contributed by atoms with Crippen molar-refractivity contribution in [2.24, 2.45) is 0 Å². The van der Waals surface area contributed by atoms with Crippen molar-refractivity contribution in [3.05, 3.63) is 12.3 Å². The summed E-state index contributed by atoms with van der Waals surface area (Å²) < 4.78 is 0. The lowest BCUT2D eigenvalue weighted by molar-refractivity contribution is -0.120.